The van der Waals surface area contributed by atoms with Gasteiger partial charge in [-0.15, -0.1) is 0 Å². The lowest BCUT2D eigenvalue weighted by molar-refractivity contribution is 0.103. The maximum Gasteiger partial charge on any atom is 0.268 e. The molecule has 3 rings (SSSR count). The van der Waals surface area contributed by atoms with E-state index in [0.717, 1.165) is 47.6 Å². The molecule has 32 heavy (non-hydrogen) atoms. The highest BCUT2D eigenvalue weighted by molar-refractivity contribution is 7.90. The van der Waals surface area contributed by atoms with Crippen molar-refractivity contribution in [1.82, 2.24) is 8.87 Å². The zero-order valence-corrected chi connectivity index (χ0v) is 19.9. The number of carbonyl (C=O) groups is 1. The third-order valence-electron chi connectivity index (χ3n) is 5.49. The van der Waals surface area contributed by atoms with Crippen molar-refractivity contribution in [3.8, 4) is 0 Å². The summed E-state index contributed by atoms with van der Waals surface area (Å²) in [6.45, 7) is 9.06. The Labute approximate surface area is 191 Å². The van der Waals surface area contributed by atoms with E-state index in [0.29, 0.717) is 12.0 Å². The summed E-state index contributed by atoms with van der Waals surface area (Å²) >= 11 is 0. The fourth-order valence-electron chi connectivity index (χ4n) is 3.81. The molecule has 0 unspecified atom stereocenters. The second-order valence-corrected chi connectivity index (χ2v) is 9.95. The Hall–Kier alpha value is -2.70. The van der Waals surface area contributed by atoms with Gasteiger partial charge in [0.15, 0.2) is 0 Å². The van der Waals surface area contributed by atoms with Crippen LogP contribution in [0.5, 0.6) is 0 Å². The number of hydrogen-bond acceptors (Lipinski definition) is 4. The Morgan fingerprint density at radius 3 is 2.12 bits per heavy atom. The van der Waals surface area contributed by atoms with Gasteiger partial charge >= 0.3 is 0 Å². The van der Waals surface area contributed by atoms with Crippen LogP contribution in [-0.2, 0) is 16.4 Å². The van der Waals surface area contributed by atoms with Gasteiger partial charge in [0.05, 0.1) is 4.90 Å². The molecule has 0 aliphatic rings. The van der Waals surface area contributed by atoms with Gasteiger partial charge in [0.25, 0.3) is 10.0 Å². The minimum Gasteiger partial charge on any atom is -0.303 e. The van der Waals surface area contributed by atoms with Crippen LogP contribution in [0.15, 0.2) is 71.8 Å². The van der Waals surface area contributed by atoms with Crippen molar-refractivity contribution in [1.29, 1.82) is 0 Å². The third kappa shape index (κ3) is 5.56. The van der Waals surface area contributed by atoms with Gasteiger partial charge in [0.1, 0.15) is 5.69 Å². The maximum atomic E-state index is 13.5. The summed E-state index contributed by atoms with van der Waals surface area (Å²) in [6.07, 6.45) is 4.44. The van der Waals surface area contributed by atoms with Crippen molar-refractivity contribution < 1.29 is 13.2 Å². The molecule has 170 valence electrons. The minimum atomic E-state index is -3.90. The molecule has 3 aromatic rings. The molecule has 1 heterocycles. The van der Waals surface area contributed by atoms with E-state index in [1.807, 2.05) is 13.0 Å². The molecule has 0 radical (unpaired) electrons. The van der Waals surface area contributed by atoms with Crippen molar-refractivity contribution >= 4 is 15.8 Å². The van der Waals surface area contributed by atoms with E-state index in [-0.39, 0.29) is 16.4 Å². The SMILES string of the molecule is CCCN(CCC)CCc1cc(C(=O)c2ccccc2)n(S(=O)(=O)c2ccc(C)cc2)c1. The molecule has 0 N–H and O–H groups in total. The first-order valence-electron chi connectivity index (χ1n) is 11.2. The van der Waals surface area contributed by atoms with E-state index >= 15 is 0 Å². The summed E-state index contributed by atoms with van der Waals surface area (Å²) in [5, 5.41) is 0. The Kier molecular flexibility index (Phi) is 8.04. The second-order valence-electron chi connectivity index (χ2n) is 8.13. The highest BCUT2D eigenvalue weighted by Crippen LogP contribution is 2.22. The summed E-state index contributed by atoms with van der Waals surface area (Å²) in [4.78, 5) is 15.8. The molecule has 0 bridgehead atoms. The summed E-state index contributed by atoms with van der Waals surface area (Å²) in [7, 11) is -3.90. The predicted octanol–water partition coefficient (Wildman–Crippen LogP) is 4.93. The lowest BCUT2D eigenvalue weighted by Gasteiger charge is -2.20. The quantitative estimate of drug-likeness (QED) is 0.387. The van der Waals surface area contributed by atoms with E-state index in [2.05, 4.69) is 18.7 Å². The molecule has 1 aromatic heterocycles. The zero-order valence-electron chi connectivity index (χ0n) is 19.1. The number of ketones is 1. The lowest BCUT2D eigenvalue weighted by atomic mass is 10.1. The summed E-state index contributed by atoms with van der Waals surface area (Å²) in [5.41, 5.74) is 2.46. The summed E-state index contributed by atoms with van der Waals surface area (Å²) in [5.74, 6) is -0.300. The van der Waals surface area contributed by atoms with Crippen molar-refractivity contribution in [2.75, 3.05) is 19.6 Å². The zero-order chi connectivity index (χ0) is 23.1. The fraction of sp³-hybridized carbons (Fsp3) is 0.346. The van der Waals surface area contributed by atoms with Gasteiger partial charge in [-0.25, -0.2) is 12.4 Å². The van der Waals surface area contributed by atoms with Crippen LogP contribution < -0.4 is 0 Å². The highest BCUT2D eigenvalue weighted by atomic mass is 32.2. The second kappa shape index (κ2) is 10.7. The Bertz CT molecular complexity index is 1130. The normalized spacial score (nSPS) is 11.8. The smallest absolute Gasteiger partial charge is 0.268 e. The van der Waals surface area contributed by atoms with Gasteiger partial charge in [-0.3, -0.25) is 4.79 Å². The molecule has 6 heteroatoms. The number of rotatable bonds is 11. The van der Waals surface area contributed by atoms with Gasteiger partial charge < -0.3 is 4.90 Å². The standard InChI is InChI=1S/C26H32N2O3S/c1-4-16-27(17-5-2)18-15-22-19-25(26(29)23-9-7-6-8-10-23)28(20-22)32(30,31)24-13-11-21(3)12-14-24/h6-14,19-20H,4-5,15-18H2,1-3H3. The van der Waals surface area contributed by atoms with E-state index in [1.54, 1.807) is 60.8 Å². The van der Waals surface area contributed by atoms with Gasteiger partial charge in [-0.05, 0) is 63.0 Å². The molecule has 0 aliphatic heterocycles. The predicted molar refractivity (Wildman–Crippen MR) is 129 cm³/mol. The largest absolute Gasteiger partial charge is 0.303 e. The maximum absolute atomic E-state index is 13.5. The monoisotopic (exact) mass is 452 g/mol. The summed E-state index contributed by atoms with van der Waals surface area (Å²) in [6, 6.07) is 17.3. The van der Waals surface area contributed by atoms with E-state index in [4.69, 9.17) is 0 Å². The molecule has 0 saturated carbocycles. The van der Waals surface area contributed by atoms with Crippen LogP contribution in [0.4, 0.5) is 0 Å². The van der Waals surface area contributed by atoms with Crippen molar-refractivity contribution in [2.24, 2.45) is 0 Å². The topological polar surface area (TPSA) is 59.4 Å². The van der Waals surface area contributed by atoms with Crippen LogP contribution in [-0.4, -0.2) is 42.7 Å². The summed E-state index contributed by atoms with van der Waals surface area (Å²) < 4.78 is 28.1. The first-order chi connectivity index (χ1) is 15.4. The molecule has 0 atom stereocenters. The number of nitrogens with zero attached hydrogens (tertiary/aromatic N) is 2. The molecule has 5 nitrogen and oxygen atoms in total. The van der Waals surface area contributed by atoms with Crippen LogP contribution in [0.3, 0.4) is 0 Å². The van der Waals surface area contributed by atoms with E-state index in [9.17, 15) is 13.2 Å². The molecule has 0 amide bonds. The molecular formula is C26H32N2O3S. The van der Waals surface area contributed by atoms with Crippen LogP contribution in [0, 0.1) is 6.92 Å². The van der Waals surface area contributed by atoms with E-state index < -0.39 is 10.0 Å². The van der Waals surface area contributed by atoms with Gasteiger partial charge in [0.2, 0.25) is 5.78 Å². The van der Waals surface area contributed by atoms with E-state index in [1.165, 1.54) is 0 Å². The Balaban J connectivity index is 2.00. The van der Waals surface area contributed by atoms with Crippen LogP contribution in [0.1, 0.15) is 53.9 Å². The van der Waals surface area contributed by atoms with Crippen molar-refractivity contribution in [3.63, 3.8) is 0 Å². The molecule has 0 saturated heterocycles. The molecule has 0 spiro atoms. The number of carbonyl (C=O) groups excluding carboxylic acids is 1. The molecule has 0 aliphatic carbocycles. The minimum absolute atomic E-state index is 0.171. The third-order valence-corrected chi connectivity index (χ3v) is 7.17. The molecular weight excluding hydrogens is 420 g/mol. The fourth-order valence-corrected chi connectivity index (χ4v) is 5.19. The highest BCUT2D eigenvalue weighted by Gasteiger charge is 2.25. The lowest BCUT2D eigenvalue weighted by Crippen LogP contribution is -2.27. The van der Waals surface area contributed by atoms with Crippen LogP contribution in [0.25, 0.3) is 0 Å². The number of aromatic nitrogens is 1. The van der Waals surface area contributed by atoms with Crippen LogP contribution in [0.2, 0.25) is 0 Å². The van der Waals surface area contributed by atoms with Gasteiger partial charge in [-0.1, -0.05) is 61.9 Å². The van der Waals surface area contributed by atoms with Gasteiger partial charge in [0, 0.05) is 18.3 Å². The molecule has 2 aromatic carbocycles. The first-order valence-corrected chi connectivity index (χ1v) is 12.7. The Morgan fingerprint density at radius 1 is 0.906 bits per heavy atom. The van der Waals surface area contributed by atoms with Crippen molar-refractivity contribution in [2.45, 2.75) is 44.9 Å². The average Bonchev–Trinajstić information content (AvgIpc) is 3.23. The number of benzene rings is 2. The Morgan fingerprint density at radius 2 is 1.53 bits per heavy atom. The number of hydrogen-bond donors (Lipinski definition) is 0. The molecule has 0 fully saturated rings. The van der Waals surface area contributed by atoms with Crippen molar-refractivity contribution in [3.05, 3.63) is 89.2 Å². The number of aryl methyl sites for hydroxylation is 1. The average molecular weight is 453 g/mol. The van der Waals surface area contributed by atoms with Gasteiger partial charge in [-0.2, -0.15) is 0 Å². The first kappa shape index (κ1) is 24.0. The van der Waals surface area contributed by atoms with Crippen LogP contribution >= 0.6 is 0 Å².